The average molecular weight is 360 g/mol. The van der Waals surface area contributed by atoms with Crippen LogP contribution in [0.2, 0.25) is 0 Å². The first kappa shape index (κ1) is 18.3. The molecule has 0 atom stereocenters. The predicted octanol–water partition coefficient (Wildman–Crippen LogP) is 2.15. The fourth-order valence-corrected chi connectivity index (χ4v) is 2.83. The molecule has 0 aliphatic rings. The highest BCUT2D eigenvalue weighted by molar-refractivity contribution is 7.11. The highest BCUT2D eigenvalue weighted by Crippen LogP contribution is 2.20. The average Bonchev–Trinajstić information content (AvgIpc) is 2.97. The maximum Gasteiger partial charge on any atom is 0.273 e. The first-order chi connectivity index (χ1) is 11.9. The molecule has 9 heteroatoms. The maximum absolute atomic E-state index is 12.1. The van der Waals surface area contributed by atoms with E-state index in [2.05, 4.69) is 15.8 Å². The number of aryl methyl sites for hydroxylation is 1. The van der Waals surface area contributed by atoms with Crippen LogP contribution in [0.15, 0.2) is 34.7 Å². The zero-order chi connectivity index (χ0) is 18.4. The van der Waals surface area contributed by atoms with E-state index in [-0.39, 0.29) is 23.4 Å². The van der Waals surface area contributed by atoms with Gasteiger partial charge in [-0.25, -0.2) is 5.43 Å². The molecule has 0 spiro atoms. The molecular formula is C16H16N4O4S. The zero-order valence-electron chi connectivity index (χ0n) is 13.6. The molecule has 0 unspecified atom stereocenters. The number of rotatable bonds is 6. The number of nitro benzene ring substituents is 1. The van der Waals surface area contributed by atoms with Crippen molar-refractivity contribution in [3.8, 4) is 0 Å². The fraction of sp³-hybridized carbons (Fsp3) is 0.188. The second-order valence-electron chi connectivity index (χ2n) is 5.15. The summed E-state index contributed by atoms with van der Waals surface area (Å²) in [6.45, 7) is 3.13. The number of nitrogens with zero attached hydrogens (tertiary/aromatic N) is 2. The van der Waals surface area contributed by atoms with Gasteiger partial charge in [0.15, 0.2) is 0 Å². The van der Waals surface area contributed by atoms with Crippen LogP contribution in [0.5, 0.6) is 0 Å². The third kappa shape index (κ3) is 4.70. The lowest BCUT2D eigenvalue weighted by molar-refractivity contribution is -0.385. The summed E-state index contributed by atoms with van der Waals surface area (Å²) in [7, 11) is 0. The maximum atomic E-state index is 12.1. The first-order valence-corrected chi connectivity index (χ1v) is 8.16. The van der Waals surface area contributed by atoms with Crippen molar-refractivity contribution < 1.29 is 14.5 Å². The number of thiophene rings is 1. The van der Waals surface area contributed by atoms with Gasteiger partial charge in [0.05, 0.1) is 17.7 Å². The molecule has 0 aliphatic carbocycles. The molecule has 2 aromatic rings. The fourth-order valence-electron chi connectivity index (χ4n) is 2.04. The van der Waals surface area contributed by atoms with Gasteiger partial charge in [0.25, 0.3) is 17.5 Å². The monoisotopic (exact) mass is 360 g/mol. The van der Waals surface area contributed by atoms with Gasteiger partial charge >= 0.3 is 0 Å². The standard InChI is InChI=1S/C16H16N4O4S/c1-10-6-7-25-14(10)8-18-19-15(21)9-17-16(22)12-4-3-5-13(11(12)2)20(23)24/h3-8H,9H2,1-2H3,(H,17,22)(H,19,21)/b18-8+. The Balaban J connectivity index is 1.91. The van der Waals surface area contributed by atoms with E-state index in [1.54, 1.807) is 0 Å². The molecule has 0 saturated carbocycles. The molecule has 0 saturated heterocycles. The SMILES string of the molecule is Cc1ccsc1/C=N/NC(=O)CNC(=O)c1cccc([N+](=O)[O-])c1C. The first-order valence-electron chi connectivity index (χ1n) is 7.28. The number of amides is 2. The van der Waals surface area contributed by atoms with Crippen LogP contribution in [0.25, 0.3) is 0 Å². The van der Waals surface area contributed by atoms with E-state index in [9.17, 15) is 19.7 Å². The lowest BCUT2D eigenvalue weighted by atomic mass is 10.1. The van der Waals surface area contributed by atoms with Crippen molar-refractivity contribution in [1.82, 2.24) is 10.7 Å². The molecule has 2 N–H and O–H groups in total. The highest BCUT2D eigenvalue weighted by atomic mass is 32.1. The van der Waals surface area contributed by atoms with Gasteiger partial charge in [0.1, 0.15) is 0 Å². The third-order valence-electron chi connectivity index (χ3n) is 3.43. The van der Waals surface area contributed by atoms with Crippen LogP contribution in [-0.2, 0) is 4.79 Å². The summed E-state index contributed by atoms with van der Waals surface area (Å²) in [6.07, 6.45) is 1.53. The van der Waals surface area contributed by atoms with Crippen molar-refractivity contribution in [2.45, 2.75) is 13.8 Å². The normalized spacial score (nSPS) is 10.6. The van der Waals surface area contributed by atoms with Gasteiger partial charge in [-0.2, -0.15) is 5.10 Å². The molecule has 0 aliphatic heterocycles. The second-order valence-corrected chi connectivity index (χ2v) is 6.10. The van der Waals surface area contributed by atoms with E-state index >= 15 is 0 Å². The summed E-state index contributed by atoms with van der Waals surface area (Å²) in [4.78, 5) is 35.1. The largest absolute Gasteiger partial charge is 0.343 e. The Morgan fingerprint density at radius 1 is 1.32 bits per heavy atom. The van der Waals surface area contributed by atoms with Crippen molar-refractivity contribution in [1.29, 1.82) is 0 Å². The molecule has 1 heterocycles. The van der Waals surface area contributed by atoms with E-state index in [0.29, 0.717) is 0 Å². The van der Waals surface area contributed by atoms with Gasteiger partial charge in [-0.15, -0.1) is 11.3 Å². The molecule has 2 rings (SSSR count). The summed E-state index contributed by atoms with van der Waals surface area (Å²) in [5.74, 6) is -1.06. The summed E-state index contributed by atoms with van der Waals surface area (Å²) < 4.78 is 0. The molecule has 0 bridgehead atoms. The van der Waals surface area contributed by atoms with E-state index in [1.165, 1.54) is 42.7 Å². The summed E-state index contributed by atoms with van der Waals surface area (Å²) >= 11 is 1.50. The van der Waals surface area contributed by atoms with Crippen LogP contribution < -0.4 is 10.7 Å². The minimum atomic E-state index is -0.561. The minimum Gasteiger partial charge on any atom is -0.343 e. The minimum absolute atomic E-state index is 0.145. The van der Waals surface area contributed by atoms with Crippen LogP contribution >= 0.6 is 11.3 Å². The number of nitro groups is 1. The predicted molar refractivity (Wildman–Crippen MR) is 95.0 cm³/mol. The van der Waals surface area contributed by atoms with Crippen molar-refractivity contribution >= 4 is 35.1 Å². The third-order valence-corrected chi connectivity index (χ3v) is 4.38. The molecule has 1 aromatic heterocycles. The summed E-state index contributed by atoms with van der Waals surface area (Å²) in [5.41, 5.74) is 3.62. The van der Waals surface area contributed by atoms with Crippen LogP contribution in [-0.4, -0.2) is 29.5 Å². The van der Waals surface area contributed by atoms with Crippen LogP contribution in [0.1, 0.15) is 26.4 Å². The van der Waals surface area contributed by atoms with E-state index in [4.69, 9.17) is 0 Å². The second kappa shape index (κ2) is 8.15. The van der Waals surface area contributed by atoms with Crippen molar-refractivity contribution in [2.24, 2.45) is 5.10 Å². The van der Waals surface area contributed by atoms with Crippen LogP contribution in [0.4, 0.5) is 5.69 Å². The van der Waals surface area contributed by atoms with Gasteiger partial charge in [-0.1, -0.05) is 6.07 Å². The Bertz CT molecular complexity index is 844. The molecule has 8 nitrogen and oxygen atoms in total. The Morgan fingerprint density at radius 3 is 2.72 bits per heavy atom. The van der Waals surface area contributed by atoms with Gasteiger partial charge in [0, 0.05) is 22.1 Å². The lowest BCUT2D eigenvalue weighted by Gasteiger charge is -2.07. The van der Waals surface area contributed by atoms with Gasteiger partial charge in [-0.05, 0) is 36.9 Å². The summed E-state index contributed by atoms with van der Waals surface area (Å²) in [5, 5.41) is 19.1. The van der Waals surface area contributed by atoms with E-state index < -0.39 is 16.7 Å². The smallest absolute Gasteiger partial charge is 0.273 e. The molecule has 2 amide bonds. The van der Waals surface area contributed by atoms with Gasteiger partial charge in [-0.3, -0.25) is 19.7 Å². The molecule has 0 fully saturated rings. The number of carbonyl (C=O) groups is 2. The summed E-state index contributed by atoms with van der Waals surface area (Å²) in [6, 6.07) is 6.15. The molecule has 0 radical (unpaired) electrons. The number of hydrogen-bond acceptors (Lipinski definition) is 6. The quantitative estimate of drug-likeness (QED) is 0.467. The molecule has 25 heavy (non-hydrogen) atoms. The van der Waals surface area contributed by atoms with Crippen molar-refractivity contribution in [2.75, 3.05) is 6.54 Å². The number of nitrogens with one attached hydrogen (secondary N) is 2. The van der Waals surface area contributed by atoms with Gasteiger partial charge in [0.2, 0.25) is 0 Å². The molecule has 1 aromatic carbocycles. The van der Waals surface area contributed by atoms with Crippen LogP contribution in [0.3, 0.4) is 0 Å². The van der Waals surface area contributed by atoms with Crippen molar-refractivity contribution in [3.63, 3.8) is 0 Å². The zero-order valence-corrected chi connectivity index (χ0v) is 14.4. The van der Waals surface area contributed by atoms with E-state index in [0.717, 1.165) is 10.4 Å². The molecular weight excluding hydrogens is 344 g/mol. The highest BCUT2D eigenvalue weighted by Gasteiger charge is 2.18. The number of carbonyl (C=O) groups excluding carboxylic acids is 2. The Labute approximate surface area is 147 Å². The lowest BCUT2D eigenvalue weighted by Crippen LogP contribution is -2.35. The number of benzene rings is 1. The number of hydrazone groups is 1. The topological polar surface area (TPSA) is 114 Å². The Hall–Kier alpha value is -3.07. The van der Waals surface area contributed by atoms with Crippen LogP contribution in [0, 0.1) is 24.0 Å². The van der Waals surface area contributed by atoms with Gasteiger partial charge < -0.3 is 5.32 Å². The van der Waals surface area contributed by atoms with Crippen molar-refractivity contribution in [3.05, 3.63) is 61.3 Å². The Morgan fingerprint density at radius 2 is 2.08 bits per heavy atom. The Kier molecular flexibility index (Phi) is 5.96. The molecule has 130 valence electrons. The van der Waals surface area contributed by atoms with E-state index in [1.807, 2.05) is 18.4 Å². The number of hydrogen-bond donors (Lipinski definition) is 2.